The lowest BCUT2D eigenvalue weighted by Gasteiger charge is -2.29. The first-order chi connectivity index (χ1) is 13.7. The Bertz CT molecular complexity index is 968. The number of thioether (sulfide) groups is 1. The van der Waals surface area contributed by atoms with E-state index in [2.05, 4.69) is 11.4 Å². The van der Waals surface area contributed by atoms with Crippen molar-refractivity contribution < 1.29 is 9.59 Å². The van der Waals surface area contributed by atoms with Crippen LogP contribution in [0.5, 0.6) is 0 Å². The van der Waals surface area contributed by atoms with E-state index < -0.39 is 0 Å². The molecule has 0 aliphatic carbocycles. The number of fused-ring (bicyclic) bond motifs is 1. The Kier molecular flexibility index (Phi) is 5.78. The maximum absolute atomic E-state index is 12.7. The van der Waals surface area contributed by atoms with E-state index in [0.29, 0.717) is 10.6 Å². The maximum atomic E-state index is 12.7. The monoisotopic (exact) mass is 408 g/mol. The number of aryl methyl sites for hydroxylation is 1. The minimum Gasteiger partial charge on any atom is -0.321 e. The van der Waals surface area contributed by atoms with Crippen LogP contribution in [0.4, 0.5) is 11.4 Å². The molecular weight excluding hydrogens is 388 g/mol. The molecule has 1 aromatic heterocycles. The highest BCUT2D eigenvalue weighted by molar-refractivity contribution is 8.00. The van der Waals surface area contributed by atoms with Gasteiger partial charge in [-0.3, -0.25) is 9.59 Å². The summed E-state index contributed by atoms with van der Waals surface area (Å²) in [7, 11) is 0. The van der Waals surface area contributed by atoms with Crippen LogP contribution in [-0.4, -0.2) is 24.1 Å². The number of nitrogens with one attached hydrogen (secondary N) is 1. The average Bonchev–Trinajstić information content (AvgIpc) is 3.28. The highest BCUT2D eigenvalue weighted by Gasteiger charge is 2.21. The van der Waals surface area contributed by atoms with Gasteiger partial charge in [0.1, 0.15) is 0 Å². The first-order valence-electron chi connectivity index (χ1n) is 9.17. The number of carbonyl (C=O) groups is 2. The van der Waals surface area contributed by atoms with Gasteiger partial charge in [0.15, 0.2) is 0 Å². The second-order valence-electron chi connectivity index (χ2n) is 6.52. The van der Waals surface area contributed by atoms with E-state index in [1.165, 1.54) is 28.7 Å². The van der Waals surface area contributed by atoms with E-state index in [1.54, 1.807) is 6.07 Å². The van der Waals surface area contributed by atoms with Crippen LogP contribution in [0.1, 0.15) is 21.7 Å². The number of carbonyl (C=O) groups excluding carboxylic acids is 2. The van der Waals surface area contributed by atoms with Crippen molar-refractivity contribution in [2.24, 2.45) is 0 Å². The number of rotatable bonds is 5. The normalized spacial score (nSPS) is 13.1. The van der Waals surface area contributed by atoms with Crippen molar-refractivity contribution in [3.05, 3.63) is 76.5 Å². The third kappa shape index (κ3) is 4.29. The predicted octanol–water partition coefficient (Wildman–Crippen LogP) is 5.07. The quantitative estimate of drug-likeness (QED) is 0.600. The summed E-state index contributed by atoms with van der Waals surface area (Å²) in [6, 6.07) is 19.4. The van der Waals surface area contributed by atoms with Crippen molar-refractivity contribution in [1.82, 2.24) is 0 Å². The molecule has 2 heterocycles. The highest BCUT2D eigenvalue weighted by atomic mass is 32.2. The molecule has 0 saturated carbocycles. The summed E-state index contributed by atoms with van der Waals surface area (Å²) in [6.07, 6.45) is 2.04. The van der Waals surface area contributed by atoms with Gasteiger partial charge in [0.25, 0.3) is 5.91 Å². The third-order valence-corrected chi connectivity index (χ3v) is 6.50. The van der Waals surface area contributed by atoms with Crippen molar-refractivity contribution in [3.63, 3.8) is 0 Å². The van der Waals surface area contributed by atoms with Crippen LogP contribution in [0.2, 0.25) is 0 Å². The zero-order valence-corrected chi connectivity index (χ0v) is 16.9. The van der Waals surface area contributed by atoms with Gasteiger partial charge in [-0.15, -0.1) is 23.1 Å². The van der Waals surface area contributed by atoms with Crippen LogP contribution in [0.15, 0.2) is 70.9 Å². The second kappa shape index (κ2) is 8.63. The molecule has 0 unspecified atom stereocenters. The minimum atomic E-state index is -0.102. The summed E-state index contributed by atoms with van der Waals surface area (Å²) in [5, 5.41) is 4.77. The summed E-state index contributed by atoms with van der Waals surface area (Å²) >= 11 is 2.94. The molecule has 28 heavy (non-hydrogen) atoms. The predicted molar refractivity (Wildman–Crippen MR) is 117 cm³/mol. The summed E-state index contributed by atoms with van der Waals surface area (Å²) in [4.78, 5) is 28.4. The van der Waals surface area contributed by atoms with Crippen LogP contribution < -0.4 is 10.2 Å². The van der Waals surface area contributed by atoms with E-state index >= 15 is 0 Å². The Morgan fingerprint density at radius 2 is 1.86 bits per heavy atom. The van der Waals surface area contributed by atoms with Crippen molar-refractivity contribution in [2.75, 3.05) is 22.5 Å². The van der Waals surface area contributed by atoms with Gasteiger partial charge in [-0.05, 0) is 60.2 Å². The molecule has 0 fully saturated rings. The molecule has 0 bridgehead atoms. The molecule has 142 valence electrons. The number of benzene rings is 2. The molecule has 2 aromatic carbocycles. The Morgan fingerprint density at radius 1 is 1.04 bits per heavy atom. The third-order valence-electron chi connectivity index (χ3n) is 4.63. The van der Waals surface area contributed by atoms with E-state index in [0.717, 1.165) is 35.7 Å². The van der Waals surface area contributed by atoms with Gasteiger partial charge in [-0.2, -0.15) is 0 Å². The smallest absolute Gasteiger partial charge is 0.265 e. The van der Waals surface area contributed by atoms with Crippen LogP contribution in [-0.2, 0) is 11.2 Å². The SMILES string of the molecule is O=C(Nc1ccc(SCC(=O)N2CCCc3ccccc32)cc1)c1cccs1. The first-order valence-corrected chi connectivity index (χ1v) is 11.0. The van der Waals surface area contributed by atoms with Crippen LogP contribution in [0, 0.1) is 0 Å². The molecule has 4 nitrogen and oxygen atoms in total. The fraction of sp³-hybridized carbons (Fsp3) is 0.182. The molecule has 1 N–H and O–H groups in total. The number of thiophene rings is 1. The van der Waals surface area contributed by atoms with Gasteiger partial charge < -0.3 is 10.2 Å². The molecule has 2 amide bonds. The molecule has 3 aromatic rings. The Labute approximate surface area is 172 Å². The Hall–Kier alpha value is -2.57. The number of hydrogen-bond acceptors (Lipinski definition) is 4. The molecule has 1 aliphatic heterocycles. The Morgan fingerprint density at radius 3 is 2.64 bits per heavy atom. The molecule has 0 saturated heterocycles. The van der Waals surface area contributed by atoms with E-state index in [4.69, 9.17) is 0 Å². The van der Waals surface area contributed by atoms with E-state index in [-0.39, 0.29) is 11.8 Å². The maximum Gasteiger partial charge on any atom is 0.265 e. The molecule has 4 rings (SSSR count). The fourth-order valence-electron chi connectivity index (χ4n) is 3.25. The summed E-state index contributed by atoms with van der Waals surface area (Å²) in [5.74, 6) is 0.427. The van der Waals surface area contributed by atoms with Gasteiger partial charge in [0, 0.05) is 22.8 Å². The number of amides is 2. The van der Waals surface area contributed by atoms with Crippen LogP contribution >= 0.6 is 23.1 Å². The number of para-hydroxylation sites is 1. The van der Waals surface area contributed by atoms with Gasteiger partial charge in [0.2, 0.25) is 5.91 Å². The van der Waals surface area contributed by atoms with Crippen molar-refractivity contribution in [3.8, 4) is 0 Å². The molecule has 1 aliphatic rings. The highest BCUT2D eigenvalue weighted by Crippen LogP contribution is 2.28. The molecule has 0 spiro atoms. The zero-order valence-electron chi connectivity index (χ0n) is 15.3. The lowest BCUT2D eigenvalue weighted by atomic mass is 10.0. The summed E-state index contributed by atoms with van der Waals surface area (Å²) in [6.45, 7) is 0.782. The first kappa shape index (κ1) is 18.8. The number of anilines is 2. The van der Waals surface area contributed by atoms with Crippen LogP contribution in [0.3, 0.4) is 0 Å². The fourth-order valence-corrected chi connectivity index (χ4v) is 4.64. The topological polar surface area (TPSA) is 49.4 Å². The summed E-state index contributed by atoms with van der Waals surface area (Å²) in [5.41, 5.74) is 3.04. The van der Waals surface area contributed by atoms with Crippen molar-refractivity contribution >= 4 is 46.3 Å². The van der Waals surface area contributed by atoms with Gasteiger partial charge in [-0.25, -0.2) is 0 Å². The Balaban J connectivity index is 1.34. The van der Waals surface area contributed by atoms with Crippen LogP contribution in [0.25, 0.3) is 0 Å². The summed E-state index contributed by atoms with van der Waals surface area (Å²) < 4.78 is 0. The van der Waals surface area contributed by atoms with Crippen molar-refractivity contribution in [2.45, 2.75) is 17.7 Å². The van der Waals surface area contributed by atoms with E-state index in [1.807, 2.05) is 58.8 Å². The lowest BCUT2D eigenvalue weighted by Crippen LogP contribution is -2.36. The molecule has 6 heteroatoms. The van der Waals surface area contributed by atoms with E-state index in [9.17, 15) is 9.59 Å². The zero-order chi connectivity index (χ0) is 19.3. The second-order valence-corrected chi connectivity index (χ2v) is 8.52. The van der Waals surface area contributed by atoms with Gasteiger partial charge in [0.05, 0.1) is 10.6 Å². The van der Waals surface area contributed by atoms with Gasteiger partial charge in [-0.1, -0.05) is 24.3 Å². The lowest BCUT2D eigenvalue weighted by molar-refractivity contribution is -0.116. The minimum absolute atomic E-state index is 0.102. The molecular formula is C22H20N2O2S2. The molecule has 0 atom stereocenters. The van der Waals surface area contributed by atoms with Gasteiger partial charge >= 0.3 is 0 Å². The number of hydrogen-bond donors (Lipinski definition) is 1. The number of nitrogens with zero attached hydrogens (tertiary/aromatic N) is 1. The average molecular weight is 409 g/mol. The molecule has 0 radical (unpaired) electrons. The largest absolute Gasteiger partial charge is 0.321 e. The standard InChI is InChI=1S/C22H20N2O2S2/c25-21(24-13-3-6-16-5-1-2-7-19(16)24)15-28-18-11-9-17(10-12-18)23-22(26)20-8-4-14-27-20/h1-2,4-5,7-12,14H,3,6,13,15H2,(H,23,26). The van der Waals surface area contributed by atoms with Crippen molar-refractivity contribution in [1.29, 1.82) is 0 Å².